The molecule has 0 atom stereocenters. The summed E-state index contributed by atoms with van der Waals surface area (Å²) in [7, 11) is 1.32. The van der Waals surface area contributed by atoms with Crippen molar-refractivity contribution in [3.63, 3.8) is 0 Å². The number of ether oxygens (including phenoxy) is 1. The molecule has 0 fully saturated rings. The highest BCUT2D eigenvalue weighted by Crippen LogP contribution is 2.23. The van der Waals surface area contributed by atoms with Crippen molar-refractivity contribution in [2.24, 2.45) is 0 Å². The molecule has 1 heterocycles. The minimum absolute atomic E-state index is 0.0444. The SMILES string of the molecule is COC(=O)Cc1nc2c(F)cccc2n1C(C)C. The van der Waals surface area contributed by atoms with Crippen LogP contribution in [-0.2, 0) is 16.0 Å². The maximum absolute atomic E-state index is 13.7. The highest BCUT2D eigenvalue weighted by Gasteiger charge is 2.18. The van der Waals surface area contributed by atoms with Gasteiger partial charge in [0.1, 0.15) is 17.8 Å². The van der Waals surface area contributed by atoms with Gasteiger partial charge in [0.15, 0.2) is 5.82 Å². The number of hydrogen-bond acceptors (Lipinski definition) is 3. The lowest BCUT2D eigenvalue weighted by Gasteiger charge is -2.12. The van der Waals surface area contributed by atoms with E-state index in [1.165, 1.54) is 13.2 Å². The summed E-state index contributed by atoms with van der Waals surface area (Å²) in [5, 5.41) is 0. The van der Waals surface area contributed by atoms with Gasteiger partial charge in [0.05, 0.1) is 12.6 Å². The summed E-state index contributed by atoms with van der Waals surface area (Å²) in [5.74, 6) is -0.234. The number of carbonyl (C=O) groups excluding carboxylic acids is 1. The first kappa shape index (κ1) is 12.5. The van der Waals surface area contributed by atoms with Crippen molar-refractivity contribution in [1.29, 1.82) is 0 Å². The molecule has 0 amide bonds. The van der Waals surface area contributed by atoms with Crippen molar-refractivity contribution in [1.82, 2.24) is 9.55 Å². The highest BCUT2D eigenvalue weighted by molar-refractivity contribution is 5.79. The van der Waals surface area contributed by atoms with Gasteiger partial charge in [0, 0.05) is 6.04 Å². The Morgan fingerprint density at radius 1 is 1.50 bits per heavy atom. The van der Waals surface area contributed by atoms with Gasteiger partial charge in [0.2, 0.25) is 0 Å². The molecular weight excluding hydrogens is 235 g/mol. The van der Waals surface area contributed by atoms with Crippen molar-refractivity contribution in [3.05, 3.63) is 29.8 Å². The quantitative estimate of drug-likeness (QED) is 0.786. The van der Waals surface area contributed by atoms with Gasteiger partial charge in [-0.3, -0.25) is 4.79 Å². The van der Waals surface area contributed by atoms with Crippen LogP contribution in [0.3, 0.4) is 0 Å². The van der Waals surface area contributed by atoms with Crippen LogP contribution in [-0.4, -0.2) is 22.6 Å². The first-order chi connectivity index (χ1) is 8.54. The maximum Gasteiger partial charge on any atom is 0.313 e. The molecule has 0 aliphatic carbocycles. The topological polar surface area (TPSA) is 44.1 Å². The number of imidazole rings is 1. The fourth-order valence-electron chi connectivity index (χ4n) is 2.03. The fourth-order valence-corrected chi connectivity index (χ4v) is 2.03. The molecule has 0 bridgehead atoms. The third-order valence-corrected chi connectivity index (χ3v) is 2.79. The standard InChI is InChI=1S/C13H15FN2O2/c1-8(2)16-10-6-4-5-9(14)13(10)15-11(16)7-12(17)18-3/h4-6,8H,7H2,1-3H3. The minimum Gasteiger partial charge on any atom is -0.469 e. The molecule has 0 unspecified atom stereocenters. The number of nitrogens with zero attached hydrogens (tertiary/aromatic N) is 2. The summed E-state index contributed by atoms with van der Waals surface area (Å²) in [6.07, 6.45) is 0.0444. The van der Waals surface area contributed by atoms with Crippen LogP contribution in [0.1, 0.15) is 25.7 Å². The number of fused-ring (bicyclic) bond motifs is 1. The summed E-state index contributed by atoms with van der Waals surface area (Å²) in [5.41, 5.74) is 0.994. The van der Waals surface area contributed by atoms with E-state index in [-0.39, 0.29) is 24.2 Å². The summed E-state index contributed by atoms with van der Waals surface area (Å²) in [6.45, 7) is 3.93. The molecule has 0 aliphatic heterocycles. The van der Waals surface area contributed by atoms with E-state index in [0.717, 1.165) is 0 Å². The van der Waals surface area contributed by atoms with E-state index in [4.69, 9.17) is 0 Å². The van der Waals surface area contributed by atoms with Crippen LogP contribution in [0.5, 0.6) is 0 Å². The number of aromatic nitrogens is 2. The average Bonchev–Trinajstić information content (AvgIpc) is 2.68. The van der Waals surface area contributed by atoms with Gasteiger partial charge in [-0.05, 0) is 26.0 Å². The molecule has 0 saturated carbocycles. The average molecular weight is 250 g/mol. The maximum atomic E-state index is 13.7. The molecule has 5 heteroatoms. The van der Waals surface area contributed by atoms with Crippen LogP contribution in [0.4, 0.5) is 4.39 Å². The van der Waals surface area contributed by atoms with Gasteiger partial charge < -0.3 is 9.30 Å². The first-order valence-electron chi connectivity index (χ1n) is 5.76. The summed E-state index contributed by atoms with van der Waals surface area (Å²) in [6, 6.07) is 4.89. The van der Waals surface area contributed by atoms with E-state index in [2.05, 4.69) is 9.72 Å². The molecule has 2 rings (SSSR count). The molecule has 4 nitrogen and oxygen atoms in total. The lowest BCUT2D eigenvalue weighted by atomic mass is 10.3. The number of methoxy groups -OCH3 is 1. The molecule has 0 N–H and O–H groups in total. The Balaban J connectivity index is 2.61. The normalized spacial score (nSPS) is 11.2. The van der Waals surface area contributed by atoms with Crippen molar-refractivity contribution >= 4 is 17.0 Å². The minimum atomic E-state index is -0.382. The molecule has 0 spiro atoms. The molecule has 2 aromatic rings. The predicted octanol–water partition coefficient (Wildman–Crippen LogP) is 2.47. The zero-order chi connectivity index (χ0) is 13.3. The Hall–Kier alpha value is -1.91. The second-order valence-electron chi connectivity index (χ2n) is 4.35. The van der Waals surface area contributed by atoms with E-state index >= 15 is 0 Å². The van der Waals surface area contributed by atoms with Crippen LogP contribution in [0, 0.1) is 5.82 Å². The lowest BCUT2D eigenvalue weighted by Crippen LogP contribution is -2.12. The van der Waals surface area contributed by atoms with E-state index in [1.807, 2.05) is 18.4 Å². The smallest absolute Gasteiger partial charge is 0.313 e. The van der Waals surface area contributed by atoms with E-state index in [9.17, 15) is 9.18 Å². The van der Waals surface area contributed by atoms with Crippen LogP contribution < -0.4 is 0 Å². The van der Waals surface area contributed by atoms with Gasteiger partial charge in [-0.15, -0.1) is 0 Å². The zero-order valence-electron chi connectivity index (χ0n) is 10.6. The number of hydrogen-bond donors (Lipinski definition) is 0. The fraction of sp³-hybridized carbons (Fsp3) is 0.385. The van der Waals surface area contributed by atoms with Crippen molar-refractivity contribution < 1.29 is 13.9 Å². The van der Waals surface area contributed by atoms with Gasteiger partial charge in [-0.1, -0.05) is 6.07 Å². The second kappa shape index (κ2) is 4.76. The van der Waals surface area contributed by atoms with Gasteiger partial charge in [-0.25, -0.2) is 9.37 Å². The second-order valence-corrected chi connectivity index (χ2v) is 4.35. The Kier molecular flexibility index (Phi) is 3.32. The van der Waals surface area contributed by atoms with Gasteiger partial charge >= 0.3 is 5.97 Å². The number of para-hydroxylation sites is 1. The molecule has 18 heavy (non-hydrogen) atoms. The summed E-state index contributed by atoms with van der Waals surface area (Å²) >= 11 is 0. The molecule has 96 valence electrons. The number of benzene rings is 1. The number of carbonyl (C=O) groups is 1. The monoisotopic (exact) mass is 250 g/mol. The molecule has 1 aromatic carbocycles. The molecular formula is C13H15FN2O2. The van der Waals surface area contributed by atoms with Crippen LogP contribution in [0.2, 0.25) is 0 Å². The first-order valence-corrected chi connectivity index (χ1v) is 5.76. The van der Waals surface area contributed by atoms with Crippen molar-refractivity contribution in [3.8, 4) is 0 Å². The summed E-state index contributed by atoms with van der Waals surface area (Å²) in [4.78, 5) is 15.6. The highest BCUT2D eigenvalue weighted by atomic mass is 19.1. The van der Waals surface area contributed by atoms with Crippen LogP contribution >= 0.6 is 0 Å². The molecule has 1 aromatic heterocycles. The number of esters is 1. The van der Waals surface area contributed by atoms with E-state index in [0.29, 0.717) is 16.9 Å². The zero-order valence-corrected chi connectivity index (χ0v) is 10.6. The Bertz CT molecular complexity index is 590. The van der Waals surface area contributed by atoms with Crippen molar-refractivity contribution in [2.75, 3.05) is 7.11 Å². The van der Waals surface area contributed by atoms with E-state index < -0.39 is 0 Å². The lowest BCUT2D eigenvalue weighted by molar-refractivity contribution is -0.139. The van der Waals surface area contributed by atoms with Gasteiger partial charge in [0.25, 0.3) is 0 Å². The molecule has 0 saturated heterocycles. The summed E-state index contributed by atoms with van der Waals surface area (Å²) < 4.78 is 20.2. The Morgan fingerprint density at radius 3 is 2.83 bits per heavy atom. The number of halogens is 1. The third-order valence-electron chi connectivity index (χ3n) is 2.79. The molecule has 0 aliphatic rings. The largest absolute Gasteiger partial charge is 0.469 e. The van der Waals surface area contributed by atoms with Gasteiger partial charge in [-0.2, -0.15) is 0 Å². The predicted molar refractivity (Wildman–Crippen MR) is 65.8 cm³/mol. The van der Waals surface area contributed by atoms with Crippen LogP contribution in [0.15, 0.2) is 18.2 Å². The Labute approximate surface area is 104 Å². The third kappa shape index (κ3) is 2.08. The van der Waals surface area contributed by atoms with Crippen LogP contribution in [0.25, 0.3) is 11.0 Å². The Morgan fingerprint density at radius 2 is 2.22 bits per heavy atom. The molecule has 0 radical (unpaired) electrons. The van der Waals surface area contributed by atoms with E-state index in [1.54, 1.807) is 12.1 Å². The van der Waals surface area contributed by atoms with Crippen molar-refractivity contribution in [2.45, 2.75) is 26.3 Å². The number of rotatable bonds is 3.